The van der Waals surface area contributed by atoms with Crippen LogP contribution in [0.4, 0.5) is 5.82 Å². The van der Waals surface area contributed by atoms with Crippen molar-refractivity contribution in [1.82, 2.24) is 9.97 Å². The zero-order chi connectivity index (χ0) is 10.8. The highest BCUT2D eigenvalue weighted by atomic mass is 35.5. The molecule has 1 aromatic rings. The average Bonchev–Trinajstić information content (AvgIpc) is 2.60. The first-order valence-corrected chi connectivity index (χ1v) is 5.54. The van der Waals surface area contributed by atoms with E-state index < -0.39 is 0 Å². The van der Waals surface area contributed by atoms with Gasteiger partial charge in [-0.3, -0.25) is 0 Å². The van der Waals surface area contributed by atoms with E-state index in [1.54, 1.807) is 6.20 Å². The topological polar surface area (TPSA) is 55.0 Å². The van der Waals surface area contributed by atoms with Gasteiger partial charge in [0.2, 0.25) is 0 Å². The Hall–Kier alpha value is -0.870. The number of rotatable bonds is 2. The lowest BCUT2D eigenvalue weighted by molar-refractivity contribution is 0.517. The zero-order valence-electron chi connectivity index (χ0n) is 8.73. The summed E-state index contributed by atoms with van der Waals surface area (Å²) in [5, 5.41) is 0.602. The second-order valence-corrected chi connectivity index (χ2v) is 4.36. The number of hydrogen-bond acceptors (Lipinski definition) is 4. The molecule has 4 nitrogen and oxygen atoms in total. The van der Waals surface area contributed by atoms with E-state index >= 15 is 0 Å². The minimum atomic E-state index is 0.345. The number of anilines is 1. The monoisotopic (exact) mass is 226 g/mol. The molecule has 0 aliphatic carbocycles. The highest BCUT2D eigenvalue weighted by Crippen LogP contribution is 2.31. The van der Waals surface area contributed by atoms with Crippen molar-refractivity contribution >= 4 is 17.4 Å². The molecule has 2 rings (SSSR count). The van der Waals surface area contributed by atoms with Crippen LogP contribution in [0.15, 0.2) is 12.5 Å². The van der Waals surface area contributed by atoms with E-state index in [2.05, 4.69) is 21.8 Å². The highest BCUT2D eigenvalue weighted by molar-refractivity contribution is 6.32. The largest absolute Gasteiger partial charge is 0.351 e. The Kier molecular flexibility index (Phi) is 3.07. The van der Waals surface area contributed by atoms with Gasteiger partial charge in [-0.1, -0.05) is 18.5 Å². The fraction of sp³-hybridized carbons (Fsp3) is 0.600. The van der Waals surface area contributed by atoms with Crippen LogP contribution in [0.3, 0.4) is 0 Å². The summed E-state index contributed by atoms with van der Waals surface area (Å²) >= 11 is 6.07. The van der Waals surface area contributed by atoms with Crippen molar-refractivity contribution in [3.63, 3.8) is 0 Å². The lowest BCUT2D eigenvalue weighted by atomic mass is 10.0. The van der Waals surface area contributed by atoms with Crippen LogP contribution in [0.5, 0.6) is 0 Å². The van der Waals surface area contributed by atoms with Gasteiger partial charge in [0, 0.05) is 19.1 Å². The van der Waals surface area contributed by atoms with Crippen molar-refractivity contribution in [2.45, 2.75) is 19.4 Å². The molecule has 1 aromatic heterocycles. The SMILES string of the molecule is CC1CCN(c2ncncc2Cl)C1CN. The summed E-state index contributed by atoms with van der Waals surface area (Å²) in [5.41, 5.74) is 5.77. The van der Waals surface area contributed by atoms with Crippen LogP contribution in [-0.2, 0) is 0 Å². The van der Waals surface area contributed by atoms with Crippen molar-refractivity contribution in [3.8, 4) is 0 Å². The summed E-state index contributed by atoms with van der Waals surface area (Å²) in [6, 6.07) is 0.345. The lowest BCUT2D eigenvalue weighted by Gasteiger charge is -2.27. The van der Waals surface area contributed by atoms with Gasteiger partial charge in [0.05, 0.1) is 6.20 Å². The molecule has 2 unspecified atom stereocenters. The third-order valence-electron chi connectivity index (χ3n) is 3.04. The first-order chi connectivity index (χ1) is 7.24. The minimum Gasteiger partial charge on any atom is -0.351 e. The molecule has 1 aliphatic rings. The molecule has 0 saturated carbocycles. The Labute approximate surface area is 94.5 Å². The Morgan fingerprint density at radius 3 is 3.13 bits per heavy atom. The molecular formula is C10H15ClN4. The molecule has 0 spiro atoms. The maximum atomic E-state index is 6.07. The Morgan fingerprint density at radius 2 is 2.47 bits per heavy atom. The normalized spacial score (nSPS) is 25.9. The molecule has 0 radical (unpaired) electrons. The van der Waals surface area contributed by atoms with Crippen LogP contribution in [0, 0.1) is 5.92 Å². The van der Waals surface area contributed by atoms with Gasteiger partial charge in [-0.15, -0.1) is 0 Å². The van der Waals surface area contributed by atoms with Gasteiger partial charge in [-0.2, -0.15) is 0 Å². The van der Waals surface area contributed by atoms with Gasteiger partial charge in [-0.25, -0.2) is 9.97 Å². The molecule has 82 valence electrons. The molecule has 1 aliphatic heterocycles. The number of hydrogen-bond donors (Lipinski definition) is 1. The third kappa shape index (κ3) is 1.92. The van der Waals surface area contributed by atoms with E-state index in [4.69, 9.17) is 17.3 Å². The maximum Gasteiger partial charge on any atom is 0.151 e. The Balaban J connectivity index is 2.28. The summed E-state index contributed by atoms with van der Waals surface area (Å²) in [7, 11) is 0. The van der Waals surface area contributed by atoms with Crippen molar-refractivity contribution in [2.24, 2.45) is 11.7 Å². The third-order valence-corrected chi connectivity index (χ3v) is 3.31. The second kappa shape index (κ2) is 4.33. The van der Waals surface area contributed by atoms with Gasteiger partial charge >= 0.3 is 0 Å². The van der Waals surface area contributed by atoms with Crippen LogP contribution in [0.2, 0.25) is 5.02 Å². The smallest absolute Gasteiger partial charge is 0.151 e. The first kappa shape index (κ1) is 10.6. The van der Waals surface area contributed by atoms with Crippen LogP contribution in [0.1, 0.15) is 13.3 Å². The Bertz CT molecular complexity index is 344. The molecule has 0 amide bonds. The van der Waals surface area contributed by atoms with E-state index in [1.165, 1.54) is 6.33 Å². The van der Waals surface area contributed by atoms with E-state index in [-0.39, 0.29) is 0 Å². The summed E-state index contributed by atoms with van der Waals surface area (Å²) in [6.45, 7) is 3.83. The number of nitrogens with two attached hydrogens (primary N) is 1. The molecule has 2 atom stereocenters. The van der Waals surface area contributed by atoms with Gasteiger partial charge < -0.3 is 10.6 Å². The number of nitrogens with zero attached hydrogens (tertiary/aromatic N) is 3. The molecule has 1 fully saturated rings. The summed E-state index contributed by atoms with van der Waals surface area (Å²) in [4.78, 5) is 10.3. The molecule has 5 heteroatoms. The molecule has 1 saturated heterocycles. The highest BCUT2D eigenvalue weighted by Gasteiger charge is 2.31. The first-order valence-electron chi connectivity index (χ1n) is 5.16. The summed E-state index contributed by atoms with van der Waals surface area (Å²) in [6.07, 6.45) is 4.29. The molecule has 2 heterocycles. The van der Waals surface area contributed by atoms with Crippen molar-refractivity contribution in [2.75, 3.05) is 18.0 Å². The van der Waals surface area contributed by atoms with E-state index in [9.17, 15) is 0 Å². The standard InChI is InChI=1S/C10H15ClN4/c1-7-2-3-15(9(7)4-12)10-8(11)5-13-6-14-10/h5-7,9H,2-4,12H2,1H3. The zero-order valence-corrected chi connectivity index (χ0v) is 9.48. The minimum absolute atomic E-state index is 0.345. The van der Waals surface area contributed by atoms with Crippen LogP contribution < -0.4 is 10.6 Å². The maximum absolute atomic E-state index is 6.07. The quantitative estimate of drug-likeness (QED) is 0.826. The average molecular weight is 227 g/mol. The second-order valence-electron chi connectivity index (χ2n) is 3.96. The molecule has 0 bridgehead atoms. The predicted octanol–water partition coefficient (Wildman–Crippen LogP) is 1.30. The van der Waals surface area contributed by atoms with E-state index in [1.807, 2.05) is 0 Å². The van der Waals surface area contributed by atoms with Crippen molar-refractivity contribution < 1.29 is 0 Å². The van der Waals surface area contributed by atoms with Gasteiger partial charge in [0.15, 0.2) is 5.82 Å². The molecule has 15 heavy (non-hydrogen) atoms. The van der Waals surface area contributed by atoms with Crippen LogP contribution >= 0.6 is 11.6 Å². The molecule has 0 aromatic carbocycles. The molecule has 2 N–H and O–H groups in total. The summed E-state index contributed by atoms with van der Waals surface area (Å²) in [5.74, 6) is 1.41. The van der Waals surface area contributed by atoms with E-state index in [0.29, 0.717) is 23.5 Å². The lowest BCUT2D eigenvalue weighted by Crippen LogP contribution is -2.39. The van der Waals surface area contributed by atoms with Crippen LogP contribution in [-0.4, -0.2) is 29.1 Å². The van der Waals surface area contributed by atoms with E-state index in [0.717, 1.165) is 18.8 Å². The van der Waals surface area contributed by atoms with Gasteiger partial charge in [0.1, 0.15) is 11.3 Å². The predicted molar refractivity (Wildman–Crippen MR) is 61.0 cm³/mol. The fourth-order valence-electron chi connectivity index (χ4n) is 2.15. The summed E-state index contributed by atoms with van der Waals surface area (Å²) < 4.78 is 0. The number of halogens is 1. The Morgan fingerprint density at radius 1 is 1.67 bits per heavy atom. The van der Waals surface area contributed by atoms with Crippen LogP contribution in [0.25, 0.3) is 0 Å². The number of aromatic nitrogens is 2. The fourth-order valence-corrected chi connectivity index (χ4v) is 2.36. The van der Waals surface area contributed by atoms with Crippen molar-refractivity contribution in [1.29, 1.82) is 0 Å². The van der Waals surface area contributed by atoms with Crippen molar-refractivity contribution in [3.05, 3.63) is 17.5 Å². The van der Waals surface area contributed by atoms with Gasteiger partial charge in [-0.05, 0) is 12.3 Å². The van der Waals surface area contributed by atoms with Gasteiger partial charge in [0.25, 0.3) is 0 Å². The molecular weight excluding hydrogens is 212 g/mol.